The molecule has 2 heteroatoms. The van der Waals surface area contributed by atoms with E-state index in [1.54, 1.807) is 11.8 Å². The van der Waals surface area contributed by atoms with Gasteiger partial charge in [0, 0.05) is 9.79 Å². The summed E-state index contributed by atoms with van der Waals surface area (Å²) in [5.41, 5.74) is 1.85. The van der Waals surface area contributed by atoms with Gasteiger partial charge in [-0.1, -0.05) is 42.1 Å². The first-order valence-corrected chi connectivity index (χ1v) is 7.42. The van der Waals surface area contributed by atoms with Gasteiger partial charge in [0.1, 0.15) is 5.75 Å². The second-order valence-corrected chi connectivity index (χ2v) is 6.16. The lowest BCUT2D eigenvalue weighted by Crippen LogP contribution is -1.83. The molecule has 3 aromatic carbocycles. The van der Waals surface area contributed by atoms with Gasteiger partial charge in [-0.3, -0.25) is 0 Å². The summed E-state index contributed by atoms with van der Waals surface area (Å²) in [4.78, 5) is 2.38. The largest absolute Gasteiger partial charge is 0.507 e. The molecule has 3 aromatic rings. The average Bonchev–Trinajstić information content (AvgIpc) is 2.44. The molecule has 0 unspecified atom stereocenters. The Kier molecular flexibility index (Phi) is 3.41. The third-order valence-corrected chi connectivity index (χ3v) is 4.38. The van der Waals surface area contributed by atoms with Crippen molar-refractivity contribution in [2.45, 2.75) is 23.6 Å². The van der Waals surface area contributed by atoms with Gasteiger partial charge in [0.05, 0.1) is 0 Å². The predicted molar refractivity (Wildman–Crippen MR) is 85.7 cm³/mol. The van der Waals surface area contributed by atoms with E-state index in [0.717, 1.165) is 16.0 Å². The van der Waals surface area contributed by atoms with E-state index in [9.17, 15) is 5.11 Å². The summed E-state index contributed by atoms with van der Waals surface area (Å²) in [6.45, 7) is 3.87. The second-order valence-electron chi connectivity index (χ2n) is 5.02. The van der Waals surface area contributed by atoms with Gasteiger partial charge in [-0.25, -0.2) is 0 Å². The number of hydrogen-bond donors (Lipinski definition) is 1. The number of hydrogen-bond acceptors (Lipinski definition) is 2. The molecule has 0 bridgehead atoms. The summed E-state index contributed by atoms with van der Waals surface area (Å²) in [5.74, 6) is 0.396. The molecule has 0 heterocycles. The fourth-order valence-corrected chi connectivity index (χ4v) is 3.41. The van der Waals surface area contributed by atoms with Crippen LogP contribution < -0.4 is 0 Å². The standard InChI is InChI=1S/C18H16OS/c1-12-9-17(10-13(2)18(12)19)20-16-8-7-14-5-3-4-6-15(14)11-16/h3-11,19H,1-2H3. The minimum Gasteiger partial charge on any atom is -0.507 e. The van der Waals surface area contributed by atoms with Crippen molar-refractivity contribution in [3.63, 3.8) is 0 Å². The Morgan fingerprint density at radius 2 is 1.40 bits per heavy atom. The molecular weight excluding hydrogens is 264 g/mol. The number of fused-ring (bicyclic) bond motifs is 1. The van der Waals surface area contributed by atoms with Crippen LogP contribution in [0, 0.1) is 13.8 Å². The van der Waals surface area contributed by atoms with Crippen LogP contribution in [0.25, 0.3) is 10.8 Å². The summed E-state index contributed by atoms with van der Waals surface area (Å²) >= 11 is 1.73. The Morgan fingerprint density at radius 1 is 0.750 bits per heavy atom. The molecule has 20 heavy (non-hydrogen) atoms. The van der Waals surface area contributed by atoms with Crippen LogP contribution in [0.4, 0.5) is 0 Å². The van der Waals surface area contributed by atoms with Crippen LogP contribution >= 0.6 is 11.8 Å². The van der Waals surface area contributed by atoms with E-state index in [1.807, 2.05) is 26.0 Å². The minimum absolute atomic E-state index is 0.396. The SMILES string of the molecule is Cc1cc(Sc2ccc3ccccc3c2)cc(C)c1O. The maximum absolute atomic E-state index is 9.83. The molecule has 0 aliphatic rings. The van der Waals surface area contributed by atoms with Gasteiger partial charge in [0.15, 0.2) is 0 Å². The highest BCUT2D eigenvalue weighted by Gasteiger charge is 2.05. The van der Waals surface area contributed by atoms with Crippen LogP contribution in [0.5, 0.6) is 5.75 Å². The molecule has 0 fully saturated rings. The smallest absolute Gasteiger partial charge is 0.121 e. The zero-order chi connectivity index (χ0) is 14.1. The van der Waals surface area contributed by atoms with Crippen LogP contribution in [0.1, 0.15) is 11.1 Å². The maximum atomic E-state index is 9.83. The van der Waals surface area contributed by atoms with Crippen LogP contribution in [0.15, 0.2) is 64.4 Å². The van der Waals surface area contributed by atoms with Gasteiger partial charge in [-0.05, 0) is 60.0 Å². The molecule has 0 spiro atoms. The van der Waals surface area contributed by atoms with Crippen molar-refractivity contribution in [3.8, 4) is 5.75 Å². The summed E-state index contributed by atoms with van der Waals surface area (Å²) in [5, 5.41) is 12.3. The van der Waals surface area contributed by atoms with E-state index < -0.39 is 0 Å². The van der Waals surface area contributed by atoms with Gasteiger partial charge in [-0.15, -0.1) is 0 Å². The van der Waals surface area contributed by atoms with Gasteiger partial charge in [-0.2, -0.15) is 0 Å². The Hall–Kier alpha value is -1.93. The molecule has 0 atom stereocenters. The maximum Gasteiger partial charge on any atom is 0.121 e. The Balaban J connectivity index is 1.96. The van der Waals surface area contributed by atoms with Crippen molar-refractivity contribution < 1.29 is 5.11 Å². The second kappa shape index (κ2) is 5.22. The molecule has 0 radical (unpaired) electrons. The molecule has 0 saturated heterocycles. The summed E-state index contributed by atoms with van der Waals surface area (Å²) in [6, 6.07) is 18.9. The lowest BCUT2D eigenvalue weighted by atomic mass is 10.1. The van der Waals surface area contributed by atoms with Gasteiger partial charge in [0.2, 0.25) is 0 Å². The molecular formula is C18H16OS. The summed E-state index contributed by atoms with van der Waals surface area (Å²) in [6.07, 6.45) is 0. The Morgan fingerprint density at radius 3 is 2.10 bits per heavy atom. The normalized spacial score (nSPS) is 10.9. The molecule has 3 rings (SSSR count). The zero-order valence-corrected chi connectivity index (χ0v) is 12.4. The van der Waals surface area contributed by atoms with E-state index in [0.29, 0.717) is 5.75 Å². The molecule has 100 valence electrons. The zero-order valence-electron chi connectivity index (χ0n) is 11.6. The summed E-state index contributed by atoms with van der Waals surface area (Å²) < 4.78 is 0. The highest BCUT2D eigenvalue weighted by atomic mass is 32.2. The van der Waals surface area contributed by atoms with E-state index in [-0.39, 0.29) is 0 Å². The van der Waals surface area contributed by atoms with Crippen LogP contribution in [-0.4, -0.2) is 5.11 Å². The highest BCUT2D eigenvalue weighted by Crippen LogP contribution is 2.34. The van der Waals surface area contributed by atoms with Crippen molar-refractivity contribution in [3.05, 3.63) is 65.7 Å². The quantitative estimate of drug-likeness (QED) is 0.686. The first-order valence-electron chi connectivity index (χ1n) is 6.60. The van der Waals surface area contributed by atoms with E-state index in [1.165, 1.54) is 15.7 Å². The molecule has 1 N–H and O–H groups in total. The molecule has 0 amide bonds. The monoisotopic (exact) mass is 280 g/mol. The Bertz CT molecular complexity index is 754. The minimum atomic E-state index is 0.396. The molecule has 0 saturated carbocycles. The van der Waals surface area contributed by atoms with Crippen molar-refractivity contribution in [2.75, 3.05) is 0 Å². The van der Waals surface area contributed by atoms with Gasteiger partial charge >= 0.3 is 0 Å². The third kappa shape index (κ3) is 2.52. The number of benzene rings is 3. The average molecular weight is 280 g/mol. The lowest BCUT2D eigenvalue weighted by Gasteiger charge is -2.08. The third-order valence-electron chi connectivity index (χ3n) is 3.42. The number of aryl methyl sites for hydroxylation is 2. The van der Waals surface area contributed by atoms with Crippen LogP contribution in [-0.2, 0) is 0 Å². The fraction of sp³-hybridized carbons (Fsp3) is 0.111. The number of rotatable bonds is 2. The molecule has 1 nitrogen and oxygen atoms in total. The van der Waals surface area contributed by atoms with Crippen LogP contribution in [0.3, 0.4) is 0 Å². The van der Waals surface area contributed by atoms with Crippen molar-refractivity contribution >= 4 is 22.5 Å². The van der Waals surface area contributed by atoms with Crippen molar-refractivity contribution in [1.82, 2.24) is 0 Å². The number of aromatic hydroxyl groups is 1. The fourth-order valence-electron chi connectivity index (χ4n) is 2.34. The lowest BCUT2D eigenvalue weighted by molar-refractivity contribution is 0.466. The molecule has 0 aliphatic heterocycles. The topological polar surface area (TPSA) is 20.2 Å². The highest BCUT2D eigenvalue weighted by molar-refractivity contribution is 7.99. The van der Waals surface area contributed by atoms with E-state index in [2.05, 4.69) is 42.5 Å². The number of phenols is 1. The van der Waals surface area contributed by atoms with Crippen molar-refractivity contribution in [2.24, 2.45) is 0 Å². The Labute approximate surface area is 123 Å². The summed E-state index contributed by atoms with van der Waals surface area (Å²) in [7, 11) is 0. The number of phenolic OH excluding ortho intramolecular Hbond substituents is 1. The predicted octanol–water partition coefficient (Wildman–Crippen LogP) is 5.31. The molecule has 0 aliphatic carbocycles. The van der Waals surface area contributed by atoms with E-state index >= 15 is 0 Å². The van der Waals surface area contributed by atoms with E-state index in [4.69, 9.17) is 0 Å². The van der Waals surface area contributed by atoms with Crippen LogP contribution in [0.2, 0.25) is 0 Å². The first kappa shape index (κ1) is 13.1. The molecule has 0 aromatic heterocycles. The van der Waals surface area contributed by atoms with Gasteiger partial charge < -0.3 is 5.11 Å². The van der Waals surface area contributed by atoms with Crippen molar-refractivity contribution in [1.29, 1.82) is 0 Å². The van der Waals surface area contributed by atoms with Gasteiger partial charge in [0.25, 0.3) is 0 Å². The first-order chi connectivity index (χ1) is 9.63.